The molecule has 1 saturated heterocycles. The predicted octanol–water partition coefficient (Wildman–Crippen LogP) is 1.93. The molecule has 0 spiro atoms. The standard InChI is InChI=1S/C40H56N8O8S/c1-6-10-29(33(49)38(53)43-26-15-16-26)44-35(50)28-22-48(57(55,56)27-17-13-24(2)14-18-27)23-31(28)45-39(54)34(40(3,4)5)47-37(52)32(25-11-8-7-9-12-25)46-36(51)30-21-41-19-20-42-30/h13-14,17-21,25-26,28-29,31-32,34H,6-12,15-16,22-23H2,1-5H3,(H,43,53)(H,44,50)(H,45,54)(H,46,51)(H,47,52)/t28-,29?,31+,32+,34-/m1/s1. The van der Waals surface area contributed by atoms with Gasteiger partial charge in [0, 0.05) is 31.5 Å². The number of sulfonamides is 1. The van der Waals surface area contributed by atoms with E-state index >= 15 is 0 Å². The Hall–Kier alpha value is -4.77. The molecule has 1 aromatic carbocycles. The minimum absolute atomic E-state index is 0.00661. The van der Waals surface area contributed by atoms with Gasteiger partial charge in [-0.15, -0.1) is 0 Å². The van der Waals surface area contributed by atoms with Gasteiger partial charge in [-0.25, -0.2) is 13.4 Å². The van der Waals surface area contributed by atoms with E-state index in [1.54, 1.807) is 39.8 Å². The molecule has 17 heteroatoms. The molecule has 3 fully saturated rings. The summed E-state index contributed by atoms with van der Waals surface area (Å²) in [5.74, 6) is -5.46. The lowest BCUT2D eigenvalue weighted by Gasteiger charge is -2.35. The second kappa shape index (κ2) is 18.7. The number of benzene rings is 1. The number of rotatable bonds is 16. The van der Waals surface area contributed by atoms with Crippen LogP contribution in [0, 0.1) is 24.2 Å². The number of Topliss-reactive ketones (excluding diaryl/α,β-unsaturated/α-hetero) is 1. The van der Waals surface area contributed by atoms with Crippen molar-refractivity contribution in [2.45, 2.75) is 128 Å². The Balaban J connectivity index is 1.39. The summed E-state index contributed by atoms with van der Waals surface area (Å²) < 4.78 is 28.9. The van der Waals surface area contributed by atoms with E-state index < -0.39 is 80.8 Å². The summed E-state index contributed by atoms with van der Waals surface area (Å²) in [6.45, 7) is 8.30. The highest BCUT2D eigenvalue weighted by Gasteiger charge is 2.46. The molecule has 310 valence electrons. The monoisotopic (exact) mass is 808 g/mol. The van der Waals surface area contributed by atoms with Crippen molar-refractivity contribution in [1.82, 2.24) is 40.9 Å². The number of nitrogens with one attached hydrogen (secondary N) is 5. The maximum Gasteiger partial charge on any atom is 0.289 e. The molecule has 5 atom stereocenters. The van der Waals surface area contributed by atoms with Crippen LogP contribution in [0.1, 0.15) is 102 Å². The molecule has 5 amide bonds. The van der Waals surface area contributed by atoms with Crippen LogP contribution in [0.4, 0.5) is 0 Å². The summed E-state index contributed by atoms with van der Waals surface area (Å²) >= 11 is 0. The number of nitrogens with zero attached hydrogens (tertiary/aromatic N) is 3. The molecule has 0 bridgehead atoms. The average molecular weight is 809 g/mol. The van der Waals surface area contributed by atoms with E-state index in [9.17, 15) is 37.2 Å². The average Bonchev–Trinajstić information content (AvgIpc) is 3.90. The molecule has 3 aliphatic rings. The summed E-state index contributed by atoms with van der Waals surface area (Å²) in [6.07, 6.45) is 10.4. The lowest BCUT2D eigenvalue weighted by molar-refractivity contribution is -0.140. The Morgan fingerprint density at radius 1 is 0.860 bits per heavy atom. The molecule has 16 nitrogen and oxygen atoms in total. The Kier molecular flexibility index (Phi) is 14.2. The van der Waals surface area contributed by atoms with E-state index in [1.165, 1.54) is 30.7 Å². The first-order valence-corrected chi connectivity index (χ1v) is 21.3. The summed E-state index contributed by atoms with van der Waals surface area (Å²) in [6, 6.07) is 1.78. The number of ketones is 1. The van der Waals surface area contributed by atoms with Crippen LogP contribution in [0.15, 0.2) is 47.8 Å². The molecule has 1 aromatic heterocycles. The van der Waals surface area contributed by atoms with E-state index in [4.69, 9.17) is 0 Å². The van der Waals surface area contributed by atoms with Crippen LogP contribution in [0.2, 0.25) is 0 Å². The van der Waals surface area contributed by atoms with Gasteiger partial charge in [0.2, 0.25) is 33.5 Å². The van der Waals surface area contributed by atoms with Gasteiger partial charge in [0.1, 0.15) is 17.8 Å². The van der Waals surface area contributed by atoms with Gasteiger partial charge >= 0.3 is 0 Å². The van der Waals surface area contributed by atoms with Gasteiger partial charge in [-0.1, -0.05) is 71.1 Å². The third-order valence-corrected chi connectivity index (χ3v) is 12.7. The van der Waals surface area contributed by atoms with Gasteiger partial charge in [0.25, 0.3) is 11.8 Å². The number of aromatic nitrogens is 2. The zero-order chi connectivity index (χ0) is 41.5. The normalized spacial score (nSPS) is 20.7. The highest BCUT2D eigenvalue weighted by molar-refractivity contribution is 7.89. The Labute approximate surface area is 334 Å². The number of hydrogen-bond acceptors (Lipinski definition) is 10. The zero-order valence-electron chi connectivity index (χ0n) is 33.4. The largest absolute Gasteiger partial charge is 0.349 e. The van der Waals surface area contributed by atoms with Gasteiger partial charge in [-0.05, 0) is 62.5 Å². The van der Waals surface area contributed by atoms with Gasteiger partial charge in [-0.2, -0.15) is 4.31 Å². The van der Waals surface area contributed by atoms with E-state index in [-0.39, 0.29) is 42.1 Å². The molecule has 1 aliphatic heterocycles. The predicted molar refractivity (Wildman–Crippen MR) is 210 cm³/mol. The summed E-state index contributed by atoms with van der Waals surface area (Å²) in [5.41, 5.74) is 0.00588. The number of carbonyl (C=O) groups excluding carboxylic acids is 6. The van der Waals surface area contributed by atoms with E-state index in [0.717, 1.165) is 42.0 Å². The van der Waals surface area contributed by atoms with Gasteiger partial charge in [-0.3, -0.25) is 33.8 Å². The van der Waals surface area contributed by atoms with Crippen molar-refractivity contribution in [3.05, 3.63) is 54.1 Å². The first-order chi connectivity index (χ1) is 27.0. The summed E-state index contributed by atoms with van der Waals surface area (Å²) in [4.78, 5) is 89.7. The van der Waals surface area contributed by atoms with Crippen LogP contribution in [0.3, 0.4) is 0 Å². The first kappa shape index (κ1) is 43.4. The van der Waals surface area contributed by atoms with Crippen LogP contribution in [-0.2, 0) is 34.0 Å². The molecule has 5 rings (SSSR count). The smallest absolute Gasteiger partial charge is 0.289 e. The summed E-state index contributed by atoms with van der Waals surface area (Å²) in [5, 5.41) is 13.9. The third kappa shape index (κ3) is 11.2. The molecular formula is C40H56N8O8S. The molecule has 2 heterocycles. The third-order valence-electron chi connectivity index (χ3n) is 10.9. The van der Waals surface area contributed by atoms with E-state index in [0.29, 0.717) is 19.3 Å². The number of carbonyl (C=O) groups is 6. The molecule has 2 aromatic rings. The second-order valence-corrected chi connectivity index (χ2v) is 18.5. The lowest BCUT2D eigenvalue weighted by atomic mass is 9.82. The van der Waals surface area contributed by atoms with Crippen molar-refractivity contribution in [2.75, 3.05) is 13.1 Å². The van der Waals surface area contributed by atoms with Crippen LogP contribution in [-0.4, -0.2) is 101 Å². The Morgan fingerprint density at radius 3 is 2.14 bits per heavy atom. The fraction of sp³-hybridized carbons (Fsp3) is 0.600. The van der Waals surface area contributed by atoms with Crippen LogP contribution in [0.25, 0.3) is 0 Å². The Morgan fingerprint density at radius 2 is 1.54 bits per heavy atom. The SMILES string of the molecule is CCCC(NC(=O)[C@@H]1CN(S(=O)(=O)c2ccc(C)cc2)C[C@@H]1NC(=O)[C@@H](NC(=O)[C@@H](NC(=O)c1cnccn1)C1CCCCC1)C(C)(C)C)C(=O)C(=O)NC1CC1. The zero-order valence-corrected chi connectivity index (χ0v) is 34.2. The van der Waals surface area contributed by atoms with Crippen molar-refractivity contribution < 1.29 is 37.2 Å². The Bertz CT molecular complexity index is 1890. The molecule has 2 aliphatic carbocycles. The topological polar surface area (TPSA) is 226 Å². The number of hydrogen-bond donors (Lipinski definition) is 5. The maximum atomic E-state index is 14.3. The number of aryl methyl sites for hydroxylation is 1. The van der Waals surface area contributed by atoms with Crippen molar-refractivity contribution in [2.24, 2.45) is 17.3 Å². The van der Waals surface area contributed by atoms with E-state index in [1.807, 2.05) is 6.92 Å². The highest BCUT2D eigenvalue weighted by Crippen LogP contribution is 2.30. The second-order valence-electron chi connectivity index (χ2n) is 16.6. The number of amides is 5. The summed E-state index contributed by atoms with van der Waals surface area (Å²) in [7, 11) is -4.14. The van der Waals surface area contributed by atoms with Crippen LogP contribution in [0.5, 0.6) is 0 Å². The van der Waals surface area contributed by atoms with Crippen molar-refractivity contribution in [1.29, 1.82) is 0 Å². The molecule has 1 unspecified atom stereocenters. The molecule has 2 saturated carbocycles. The van der Waals surface area contributed by atoms with E-state index in [2.05, 4.69) is 36.6 Å². The minimum atomic E-state index is -4.14. The van der Waals surface area contributed by atoms with Crippen LogP contribution < -0.4 is 26.6 Å². The molecule has 0 radical (unpaired) electrons. The molecular weight excluding hydrogens is 753 g/mol. The fourth-order valence-corrected chi connectivity index (χ4v) is 8.88. The first-order valence-electron chi connectivity index (χ1n) is 19.9. The van der Waals surface area contributed by atoms with Crippen LogP contribution >= 0.6 is 0 Å². The van der Waals surface area contributed by atoms with Crippen molar-refractivity contribution >= 4 is 45.3 Å². The quantitative estimate of drug-likeness (QED) is 0.155. The van der Waals surface area contributed by atoms with Gasteiger partial charge < -0.3 is 26.6 Å². The fourth-order valence-electron chi connectivity index (χ4n) is 7.38. The molecule has 5 N–H and O–H groups in total. The highest BCUT2D eigenvalue weighted by atomic mass is 32.2. The van der Waals surface area contributed by atoms with Gasteiger partial charge in [0.15, 0.2) is 0 Å². The van der Waals surface area contributed by atoms with Crippen molar-refractivity contribution in [3.63, 3.8) is 0 Å². The lowest BCUT2D eigenvalue weighted by Crippen LogP contribution is -2.61. The molecule has 57 heavy (non-hydrogen) atoms. The minimum Gasteiger partial charge on any atom is -0.349 e. The van der Waals surface area contributed by atoms with Crippen molar-refractivity contribution in [3.8, 4) is 0 Å². The van der Waals surface area contributed by atoms with Gasteiger partial charge in [0.05, 0.1) is 29.1 Å². The maximum absolute atomic E-state index is 14.3.